The van der Waals surface area contributed by atoms with Crippen molar-refractivity contribution in [3.8, 4) is 0 Å². The average molecular weight is 344 g/mol. The van der Waals surface area contributed by atoms with Crippen molar-refractivity contribution in [3.05, 3.63) is 90.8 Å². The van der Waals surface area contributed by atoms with Crippen molar-refractivity contribution < 1.29 is 0 Å². The molecular formula is C18H15ClNPS. The van der Waals surface area contributed by atoms with Crippen LogP contribution in [-0.4, -0.2) is 4.98 Å². The maximum Gasteiger partial charge on any atom is 0.112 e. The predicted octanol–water partition coefficient (Wildman–Crippen LogP) is 4.45. The summed E-state index contributed by atoms with van der Waals surface area (Å²) in [5, 5.41) is 1.90. The van der Waals surface area contributed by atoms with Crippen molar-refractivity contribution >= 4 is 40.1 Å². The summed E-state index contributed by atoms with van der Waals surface area (Å²) in [4.78, 5) is 4.42. The largest absolute Gasteiger partial charge is 0.259 e. The summed E-state index contributed by atoms with van der Waals surface area (Å²) in [6.45, 7) is 0. The van der Waals surface area contributed by atoms with Gasteiger partial charge in [-0.2, -0.15) is 0 Å². The summed E-state index contributed by atoms with van der Waals surface area (Å²) in [5.41, 5.74) is 0.834. The third kappa shape index (κ3) is 2.87. The van der Waals surface area contributed by atoms with Crippen molar-refractivity contribution in [2.45, 2.75) is 5.12 Å². The molecule has 2 aromatic carbocycles. The van der Waals surface area contributed by atoms with E-state index >= 15 is 0 Å². The normalized spacial score (nSPS) is 12.8. The van der Waals surface area contributed by atoms with E-state index in [2.05, 4.69) is 29.2 Å². The van der Waals surface area contributed by atoms with Crippen molar-refractivity contribution in [3.63, 3.8) is 0 Å². The van der Waals surface area contributed by atoms with E-state index in [1.165, 1.54) is 0 Å². The molecule has 0 bridgehead atoms. The summed E-state index contributed by atoms with van der Waals surface area (Å²) in [7, 11) is 0. The van der Waals surface area contributed by atoms with Crippen molar-refractivity contribution in [2.24, 2.45) is 0 Å². The van der Waals surface area contributed by atoms with Crippen LogP contribution < -0.4 is 10.6 Å². The highest BCUT2D eigenvalue weighted by Crippen LogP contribution is 2.59. The minimum absolute atomic E-state index is 0.325. The van der Waals surface area contributed by atoms with Gasteiger partial charge in [0.1, 0.15) is 5.12 Å². The number of benzene rings is 2. The molecule has 0 spiro atoms. The van der Waals surface area contributed by atoms with Crippen LogP contribution in [0.5, 0.6) is 0 Å². The minimum Gasteiger partial charge on any atom is -0.259 e. The Balaban J connectivity index is 2.18. The van der Waals surface area contributed by atoms with E-state index in [-0.39, 0.29) is 5.12 Å². The highest BCUT2D eigenvalue weighted by atomic mass is 35.5. The lowest BCUT2D eigenvalue weighted by atomic mass is 10.4. The molecule has 1 unspecified atom stereocenters. The molecular weight excluding hydrogens is 329 g/mol. The smallest absolute Gasteiger partial charge is 0.112 e. The molecule has 22 heavy (non-hydrogen) atoms. The SMILES string of the molecule is S=P(c1ccccc1)(c1ccccc1)C(Cl)c1ccccn1. The van der Waals surface area contributed by atoms with Gasteiger partial charge in [0.2, 0.25) is 0 Å². The first-order chi connectivity index (χ1) is 10.7. The van der Waals surface area contributed by atoms with Gasteiger partial charge < -0.3 is 0 Å². The zero-order valence-electron chi connectivity index (χ0n) is 11.8. The Labute approximate surface area is 141 Å². The van der Waals surface area contributed by atoms with E-state index in [1.54, 1.807) is 6.20 Å². The van der Waals surface area contributed by atoms with E-state index in [9.17, 15) is 0 Å². The Bertz CT molecular complexity index is 734. The average Bonchev–Trinajstić information content (AvgIpc) is 2.62. The van der Waals surface area contributed by atoms with Crippen LogP contribution in [-0.2, 0) is 11.8 Å². The van der Waals surface area contributed by atoms with Gasteiger partial charge in [0.25, 0.3) is 0 Å². The third-order valence-electron chi connectivity index (χ3n) is 3.53. The number of hydrogen-bond acceptors (Lipinski definition) is 2. The van der Waals surface area contributed by atoms with Gasteiger partial charge in [-0.05, 0) is 22.7 Å². The van der Waals surface area contributed by atoms with E-state index in [0.29, 0.717) is 0 Å². The number of halogens is 1. The van der Waals surface area contributed by atoms with Crippen LogP contribution in [0.25, 0.3) is 0 Å². The van der Waals surface area contributed by atoms with Crippen molar-refractivity contribution in [1.82, 2.24) is 4.98 Å². The van der Waals surface area contributed by atoms with Crippen LogP contribution in [0.4, 0.5) is 0 Å². The van der Waals surface area contributed by atoms with Crippen molar-refractivity contribution in [1.29, 1.82) is 0 Å². The Morgan fingerprint density at radius 2 is 1.27 bits per heavy atom. The number of pyridine rings is 1. The summed E-state index contributed by atoms with van der Waals surface area (Å²) < 4.78 is 0. The topological polar surface area (TPSA) is 12.9 Å². The van der Waals surface area contributed by atoms with Crippen LogP contribution in [0.15, 0.2) is 85.1 Å². The van der Waals surface area contributed by atoms with Crippen LogP contribution in [0.1, 0.15) is 10.8 Å². The number of alkyl halides is 1. The fraction of sp³-hybridized carbons (Fsp3) is 0.0556. The third-order valence-corrected chi connectivity index (χ3v) is 9.91. The molecule has 0 fully saturated rings. The van der Waals surface area contributed by atoms with E-state index in [1.807, 2.05) is 54.6 Å². The fourth-order valence-corrected chi connectivity index (χ4v) is 6.85. The molecule has 4 heteroatoms. The molecule has 0 aliphatic heterocycles. The van der Waals surface area contributed by atoms with Gasteiger partial charge in [0.05, 0.1) is 5.69 Å². The summed E-state index contributed by atoms with van der Waals surface area (Å²) in [6, 6.07) is 23.9. The number of rotatable bonds is 4. The highest BCUT2D eigenvalue weighted by molar-refractivity contribution is 8.22. The molecule has 0 aliphatic carbocycles. The second kappa shape index (κ2) is 6.75. The molecule has 3 rings (SSSR count). The molecule has 0 saturated heterocycles. The molecule has 1 nitrogen and oxygen atoms in total. The maximum absolute atomic E-state index is 6.87. The lowest BCUT2D eigenvalue weighted by molar-refractivity contribution is 1.15. The summed E-state index contributed by atoms with van der Waals surface area (Å²) >= 11 is 13.0. The van der Waals surface area contributed by atoms with Gasteiger partial charge in [-0.15, -0.1) is 11.6 Å². The molecule has 0 aliphatic rings. The summed E-state index contributed by atoms with van der Waals surface area (Å²) in [5.74, 6) is 0. The van der Waals surface area contributed by atoms with Crippen LogP contribution in [0.3, 0.4) is 0 Å². The van der Waals surface area contributed by atoms with E-state index < -0.39 is 6.04 Å². The zero-order valence-corrected chi connectivity index (χ0v) is 14.3. The molecule has 1 heterocycles. The molecule has 0 saturated carbocycles. The van der Waals surface area contributed by atoms with E-state index in [4.69, 9.17) is 23.4 Å². The molecule has 1 atom stereocenters. The first-order valence-electron chi connectivity index (χ1n) is 6.99. The fourth-order valence-electron chi connectivity index (χ4n) is 2.41. The molecule has 0 N–H and O–H groups in total. The summed E-state index contributed by atoms with van der Waals surface area (Å²) in [6.07, 6.45) is 1.76. The minimum atomic E-state index is -2.20. The van der Waals surface area contributed by atoms with Crippen LogP contribution >= 0.6 is 17.6 Å². The lowest BCUT2D eigenvalue weighted by Crippen LogP contribution is -2.19. The molecule has 0 radical (unpaired) electrons. The molecule has 1 aromatic heterocycles. The quantitative estimate of drug-likeness (QED) is 0.513. The van der Waals surface area contributed by atoms with Gasteiger partial charge in [-0.25, -0.2) is 0 Å². The van der Waals surface area contributed by atoms with Gasteiger partial charge in [0.15, 0.2) is 0 Å². The van der Waals surface area contributed by atoms with Crippen LogP contribution in [0.2, 0.25) is 0 Å². The molecule has 110 valence electrons. The van der Waals surface area contributed by atoms with E-state index in [0.717, 1.165) is 16.3 Å². The second-order valence-corrected chi connectivity index (χ2v) is 10.3. The Morgan fingerprint density at radius 1 is 0.773 bits per heavy atom. The Kier molecular flexibility index (Phi) is 4.73. The first kappa shape index (κ1) is 15.4. The predicted molar refractivity (Wildman–Crippen MR) is 99.3 cm³/mol. The maximum atomic E-state index is 6.87. The highest BCUT2D eigenvalue weighted by Gasteiger charge is 2.32. The van der Waals surface area contributed by atoms with Crippen molar-refractivity contribution in [2.75, 3.05) is 0 Å². The number of hydrogen-bond donors (Lipinski definition) is 0. The van der Waals surface area contributed by atoms with Crippen LogP contribution in [0, 0.1) is 0 Å². The van der Waals surface area contributed by atoms with Gasteiger partial charge in [-0.3, -0.25) is 4.98 Å². The Morgan fingerprint density at radius 3 is 1.73 bits per heavy atom. The van der Waals surface area contributed by atoms with Gasteiger partial charge in [0, 0.05) is 12.2 Å². The zero-order chi connectivity index (χ0) is 15.4. The first-order valence-corrected chi connectivity index (χ1v) is 10.3. The van der Waals surface area contributed by atoms with Gasteiger partial charge >= 0.3 is 0 Å². The second-order valence-electron chi connectivity index (χ2n) is 4.92. The monoisotopic (exact) mass is 343 g/mol. The lowest BCUT2D eigenvalue weighted by Gasteiger charge is -2.28. The van der Waals surface area contributed by atoms with Gasteiger partial charge in [-0.1, -0.05) is 78.5 Å². The molecule has 0 amide bonds. The Hall–Kier alpha value is -1.47. The number of nitrogens with zero attached hydrogens (tertiary/aromatic N) is 1. The number of aromatic nitrogens is 1. The molecule has 3 aromatic rings. The standard InChI is InChI=1S/C18H15ClNPS/c19-18(17-13-7-8-14-20-17)21(22,15-9-3-1-4-10-15)16-11-5-2-6-12-16/h1-14,18H.